The van der Waals surface area contributed by atoms with Gasteiger partial charge in [-0.2, -0.15) is 4.79 Å². The highest BCUT2D eigenvalue weighted by molar-refractivity contribution is 5.89. The van der Waals surface area contributed by atoms with Crippen molar-refractivity contribution >= 4 is 24.3 Å². The van der Waals surface area contributed by atoms with Crippen LogP contribution >= 0.6 is 0 Å². The molecule has 4 amide bonds. The molecular formula is C18H30N3O6+. The molecule has 1 aliphatic carbocycles. The summed E-state index contributed by atoms with van der Waals surface area (Å²) in [6.45, 7) is 1.63. The maximum Gasteiger partial charge on any atom is 0.524 e. The van der Waals surface area contributed by atoms with Crippen molar-refractivity contribution in [2.24, 2.45) is 17.6 Å². The van der Waals surface area contributed by atoms with Gasteiger partial charge in [-0.3, -0.25) is 14.8 Å². The van der Waals surface area contributed by atoms with Crippen molar-refractivity contribution in [3.8, 4) is 0 Å². The van der Waals surface area contributed by atoms with Gasteiger partial charge in [0.05, 0.1) is 25.6 Å². The van der Waals surface area contributed by atoms with E-state index in [0.29, 0.717) is 24.3 Å². The number of hydrogen-bond donors (Lipinski definition) is 2. The zero-order chi connectivity index (χ0) is 20.0. The van der Waals surface area contributed by atoms with Gasteiger partial charge in [0.15, 0.2) is 6.04 Å². The highest BCUT2D eigenvalue weighted by Gasteiger charge is 2.60. The van der Waals surface area contributed by atoms with E-state index in [-0.39, 0.29) is 32.0 Å². The van der Waals surface area contributed by atoms with E-state index in [1.54, 1.807) is 6.92 Å². The highest BCUT2D eigenvalue weighted by Crippen LogP contribution is 2.36. The first-order valence-electron chi connectivity index (χ1n) is 9.66. The predicted molar refractivity (Wildman–Crippen MR) is 94.0 cm³/mol. The van der Waals surface area contributed by atoms with E-state index in [0.717, 1.165) is 25.7 Å². The summed E-state index contributed by atoms with van der Waals surface area (Å²) in [5.74, 6) is -1.70. The first-order chi connectivity index (χ1) is 12.9. The van der Waals surface area contributed by atoms with Crippen molar-refractivity contribution in [2.75, 3.05) is 19.7 Å². The zero-order valence-electron chi connectivity index (χ0n) is 15.8. The van der Waals surface area contributed by atoms with Gasteiger partial charge in [-0.15, -0.1) is 4.48 Å². The summed E-state index contributed by atoms with van der Waals surface area (Å²) in [7, 11) is 0. The number of likely N-dealkylation sites (tertiary alicyclic amines) is 1. The standard InChI is InChI=1S/C18H29N3O6/c1-2-27-18(25)21(9-5-8-15(21)16(19)23)17(24)14(11-20(26)12-22)10-13-6-3-4-7-13/h12-15,26H,2-11H2,1H3,(H-,19,23)/p+1/t14-,15+,21?/m1/s1. The number of primary amides is 1. The molecule has 2 rings (SSSR count). The molecule has 152 valence electrons. The van der Waals surface area contributed by atoms with Crippen molar-refractivity contribution in [3.05, 3.63) is 0 Å². The van der Waals surface area contributed by atoms with Crippen molar-refractivity contribution in [3.63, 3.8) is 0 Å². The van der Waals surface area contributed by atoms with E-state index in [9.17, 15) is 24.4 Å². The average Bonchev–Trinajstić information content (AvgIpc) is 3.30. The van der Waals surface area contributed by atoms with Crippen LogP contribution in [-0.2, 0) is 19.1 Å². The Morgan fingerprint density at radius 2 is 1.93 bits per heavy atom. The monoisotopic (exact) mass is 384 g/mol. The number of quaternary nitrogens is 1. The predicted octanol–water partition coefficient (Wildman–Crippen LogP) is 1.18. The van der Waals surface area contributed by atoms with Gasteiger partial charge in [0.2, 0.25) is 6.41 Å². The van der Waals surface area contributed by atoms with Crippen molar-refractivity contribution in [1.29, 1.82) is 0 Å². The molecule has 1 unspecified atom stereocenters. The Morgan fingerprint density at radius 1 is 1.26 bits per heavy atom. The Labute approximate surface area is 159 Å². The molecule has 3 N–H and O–H groups in total. The third-order valence-corrected chi connectivity index (χ3v) is 5.81. The molecule has 0 radical (unpaired) electrons. The minimum atomic E-state index is -0.981. The number of hydroxylamine groups is 2. The van der Waals surface area contributed by atoms with Crippen LogP contribution in [0.5, 0.6) is 0 Å². The fourth-order valence-electron chi connectivity index (χ4n) is 4.58. The number of carbonyl (C=O) groups excluding carboxylic acids is 4. The van der Waals surface area contributed by atoms with Crippen LogP contribution < -0.4 is 5.73 Å². The number of carbonyl (C=O) groups is 4. The van der Waals surface area contributed by atoms with E-state index in [1.165, 1.54) is 0 Å². The summed E-state index contributed by atoms with van der Waals surface area (Å²) < 4.78 is 4.37. The van der Waals surface area contributed by atoms with Crippen molar-refractivity contribution in [1.82, 2.24) is 5.06 Å². The molecule has 1 heterocycles. The van der Waals surface area contributed by atoms with Crippen LogP contribution in [0, 0.1) is 11.8 Å². The molecule has 1 saturated carbocycles. The van der Waals surface area contributed by atoms with Crippen LogP contribution in [0.2, 0.25) is 0 Å². The van der Waals surface area contributed by atoms with E-state index in [1.807, 2.05) is 0 Å². The van der Waals surface area contributed by atoms with Gasteiger partial charge < -0.3 is 10.5 Å². The van der Waals surface area contributed by atoms with Crippen LogP contribution in [0.3, 0.4) is 0 Å². The fourth-order valence-corrected chi connectivity index (χ4v) is 4.58. The average molecular weight is 384 g/mol. The summed E-state index contributed by atoms with van der Waals surface area (Å²) in [6.07, 6.45) is 4.80. The molecule has 0 spiro atoms. The lowest BCUT2D eigenvalue weighted by Gasteiger charge is -2.35. The largest absolute Gasteiger partial charge is 0.524 e. The van der Waals surface area contributed by atoms with Gasteiger partial charge in [-0.05, 0) is 19.3 Å². The van der Waals surface area contributed by atoms with E-state index >= 15 is 0 Å². The van der Waals surface area contributed by atoms with Crippen molar-refractivity contribution < 1.29 is 33.6 Å². The minimum Gasteiger partial charge on any atom is -0.420 e. The second kappa shape index (κ2) is 9.27. The smallest absolute Gasteiger partial charge is 0.420 e. The van der Waals surface area contributed by atoms with Crippen LogP contribution in [0.1, 0.15) is 51.9 Å². The molecule has 9 heteroatoms. The molecule has 0 aromatic heterocycles. The van der Waals surface area contributed by atoms with Crippen molar-refractivity contribution in [2.45, 2.75) is 57.9 Å². The fraction of sp³-hybridized carbons (Fsp3) is 0.778. The maximum atomic E-state index is 13.5. The Morgan fingerprint density at radius 3 is 2.48 bits per heavy atom. The molecule has 9 nitrogen and oxygen atoms in total. The Hall–Kier alpha value is -2.00. The lowest BCUT2D eigenvalue weighted by atomic mass is 9.91. The first kappa shape index (κ1) is 21.3. The second-order valence-corrected chi connectivity index (χ2v) is 7.50. The lowest BCUT2D eigenvalue weighted by Crippen LogP contribution is -2.66. The molecule has 27 heavy (non-hydrogen) atoms. The van der Waals surface area contributed by atoms with Gasteiger partial charge in [0.25, 0.3) is 5.91 Å². The quantitative estimate of drug-likeness (QED) is 0.280. The molecule has 1 aliphatic heterocycles. The van der Waals surface area contributed by atoms with Gasteiger partial charge >= 0.3 is 12.0 Å². The zero-order valence-corrected chi connectivity index (χ0v) is 15.8. The van der Waals surface area contributed by atoms with Gasteiger partial charge in [-0.25, -0.2) is 9.86 Å². The van der Waals surface area contributed by atoms with Gasteiger partial charge in [0, 0.05) is 12.8 Å². The SMILES string of the molecule is CCOC(=O)[N+]1(C(=O)[C@H](CC2CCCC2)CN(O)C=O)CCC[C@H]1C(N)=O. The number of ether oxygens (including phenoxy) is 1. The Balaban J connectivity index is 2.36. The topological polar surface area (TPSA) is 127 Å². The molecular weight excluding hydrogens is 354 g/mol. The number of nitrogens with two attached hydrogens (primary N) is 1. The number of nitrogens with zero attached hydrogens (tertiary/aromatic N) is 2. The van der Waals surface area contributed by atoms with Crippen LogP contribution in [0.15, 0.2) is 0 Å². The molecule has 0 aromatic carbocycles. The number of rotatable bonds is 8. The summed E-state index contributed by atoms with van der Waals surface area (Å²) in [6, 6.07) is -0.981. The van der Waals surface area contributed by atoms with E-state index in [2.05, 4.69) is 0 Å². The first-order valence-corrected chi connectivity index (χ1v) is 9.66. The van der Waals surface area contributed by atoms with E-state index < -0.39 is 34.4 Å². The molecule has 0 bridgehead atoms. The highest BCUT2D eigenvalue weighted by atomic mass is 16.6. The Kier molecular flexibility index (Phi) is 7.32. The molecule has 0 aromatic rings. The summed E-state index contributed by atoms with van der Waals surface area (Å²) >= 11 is 0. The normalized spacial score (nSPS) is 26.5. The van der Waals surface area contributed by atoms with Gasteiger partial charge in [-0.1, -0.05) is 25.7 Å². The summed E-state index contributed by atoms with van der Waals surface area (Å²) in [5, 5.41) is 10.1. The Bertz CT molecular complexity index is 577. The molecule has 2 fully saturated rings. The third-order valence-electron chi connectivity index (χ3n) is 5.81. The molecule has 1 saturated heterocycles. The van der Waals surface area contributed by atoms with Crippen LogP contribution in [0.4, 0.5) is 4.79 Å². The maximum absolute atomic E-state index is 13.5. The summed E-state index contributed by atoms with van der Waals surface area (Å²) in [5.41, 5.74) is 5.51. The summed E-state index contributed by atoms with van der Waals surface area (Å²) in [4.78, 5) is 49.3. The van der Waals surface area contributed by atoms with Crippen LogP contribution in [0.25, 0.3) is 0 Å². The molecule has 2 aliphatic rings. The molecule has 3 atom stereocenters. The van der Waals surface area contributed by atoms with Crippen LogP contribution in [-0.4, -0.2) is 64.8 Å². The minimum absolute atomic E-state index is 0.0748. The number of imide groups is 1. The third kappa shape index (κ3) is 4.47. The number of hydrogen-bond acceptors (Lipinski definition) is 6. The lowest BCUT2D eigenvalue weighted by molar-refractivity contribution is -0.787. The van der Waals surface area contributed by atoms with Gasteiger partial charge in [0.1, 0.15) is 0 Å². The van der Waals surface area contributed by atoms with E-state index in [4.69, 9.17) is 10.5 Å². The number of amides is 4. The second-order valence-electron chi connectivity index (χ2n) is 7.50.